The highest BCUT2D eigenvalue weighted by Crippen LogP contribution is 2.28. The highest BCUT2D eigenvalue weighted by atomic mass is 16.5. The maximum atomic E-state index is 12.7. The second-order valence-electron chi connectivity index (χ2n) is 6.43. The minimum Gasteiger partial charge on any atom is -0.463 e. The summed E-state index contributed by atoms with van der Waals surface area (Å²) in [5.74, 6) is -0.837. The minimum absolute atomic E-state index is 0.127. The van der Waals surface area contributed by atoms with Crippen LogP contribution in [0.25, 0.3) is 11.1 Å². The van der Waals surface area contributed by atoms with Gasteiger partial charge in [-0.3, -0.25) is 9.36 Å². The number of carbonyl (C=O) groups is 1. The first-order valence-electron chi connectivity index (χ1n) is 8.91. The van der Waals surface area contributed by atoms with Gasteiger partial charge in [-0.05, 0) is 23.6 Å². The highest BCUT2D eigenvalue weighted by Gasteiger charge is 2.27. The fraction of sp³-hybridized carbons (Fsp3) is 0.333. The summed E-state index contributed by atoms with van der Waals surface area (Å²) in [7, 11) is 0. The van der Waals surface area contributed by atoms with E-state index in [1.165, 1.54) is 4.57 Å². The van der Waals surface area contributed by atoms with Crippen LogP contribution in [0.4, 0.5) is 0 Å². The van der Waals surface area contributed by atoms with E-state index in [1.54, 1.807) is 6.07 Å². The average Bonchev–Trinajstić information content (AvgIpc) is 2.98. The molecule has 0 N–H and O–H groups in total. The van der Waals surface area contributed by atoms with Crippen molar-refractivity contribution >= 4 is 17.1 Å². The van der Waals surface area contributed by atoms with E-state index in [-0.39, 0.29) is 31.0 Å². The summed E-state index contributed by atoms with van der Waals surface area (Å²) in [6.07, 6.45) is 0.875. The second kappa shape index (κ2) is 8.04. The molecule has 5 heteroatoms. The van der Waals surface area contributed by atoms with Gasteiger partial charge in [-0.1, -0.05) is 62.7 Å². The molecule has 2 aromatic carbocycles. The van der Waals surface area contributed by atoms with Gasteiger partial charge < -0.3 is 9.15 Å². The van der Waals surface area contributed by atoms with Crippen molar-refractivity contribution in [2.24, 2.45) is 5.92 Å². The number of hydrogen-bond donors (Lipinski definition) is 0. The standard InChI is InChI=1S/C21H23NO4/c1-3-15(2)19(16-9-5-4-6-10-16)20(23)25-14-13-22-17-11-7-8-12-18(17)26-21(22)24/h4-12,15,19H,3,13-14H2,1-2H3. The van der Waals surface area contributed by atoms with Gasteiger partial charge in [0.05, 0.1) is 18.0 Å². The molecule has 2 atom stereocenters. The Balaban J connectivity index is 1.70. The number of para-hydroxylation sites is 2. The lowest BCUT2D eigenvalue weighted by Gasteiger charge is -2.22. The zero-order chi connectivity index (χ0) is 18.5. The summed E-state index contributed by atoms with van der Waals surface area (Å²) in [4.78, 5) is 24.7. The Labute approximate surface area is 152 Å². The molecule has 1 aromatic heterocycles. The van der Waals surface area contributed by atoms with Crippen LogP contribution in [0.3, 0.4) is 0 Å². The fourth-order valence-corrected chi connectivity index (χ4v) is 3.15. The zero-order valence-corrected chi connectivity index (χ0v) is 15.1. The van der Waals surface area contributed by atoms with Crippen LogP contribution in [0.15, 0.2) is 63.8 Å². The highest BCUT2D eigenvalue weighted by molar-refractivity contribution is 5.78. The molecule has 0 aliphatic heterocycles. The van der Waals surface area contributed by atoms with Gasteiger partial charge in [0.25, 0.3) is 0 Å². The third-order valence-electron chi connectivity index (χ3n) is 4.76. The van der Waals surface area contributed by atoms with Crippen LogP contribution >= 0.6 is 0 Å². The SMILES string of the molecule is CCC(C)C(C(=O)OCCn1c(=O)oc2ccccc21)c1ccccc1. The van der Waals surface area contributed by atoms with Gasteiger partial charge in [-0.2, -0.15) is 0 Å². The van der Waals surface area contributed by atoms with E-state index in [1.807, 2.05) is 55.5 Å². The monoisotopic (exact) mass is 353 g/mol. The van der Waals surface area contributed by atoms with Crippen LogP contribution in [0.1, 0.15) is 31.7 Å². The molecule has 0 aliphatic carbocycles. The van der Waals surface area contributed by atoms with E-state index >= 15 is 0 Å². The molecule has 0 spiro atoms. The number of aromatic nitrogens is 1. The number of ether oxygens (including phenoxy) is 1. The number of fused-ring (bicyclic) bond motifs is 1. The van der Waals surface area contributed by atoms with Crippen molar-refractivity contribution in [2.75, 3.05) is 6.61 Å². The van der Waals surface area contributed by atoms with Gasteiger partial charge in [0.2, 0.25) is 0 Å². The van der Waals surface area contributed by atoms with Crippen LogP contribution in [-0.2, 0) is 16.1 Å². The summed E-state index contributed by atoms with van der Waals surface area (Å²) in [6.45, 7) is 4.50. The Morgan fingerprint density at radius 3 is 2.54 bits per heavy atom. The largest absolute Gasteiger partial charge is 0.463 e. The molecule has 0 saturated heterocycles. The molecule has 0 radical (unpaired) electrons. The molecule has 0 aliphatic rings. The first-order chi connectivity index (χ1) is 12.6. The van der Waals surface area contributed by atoms with Gasteiger partial charge in [0, 0.05) is 0 Å². The Bertz CT molecular complexity index is 926. The second-order valence-corrected chi connectivity index (χ2v) is 6.43. The number of esters is 1. The van der Waals surface area contributed by atoms with Crippen LogP contribution < -0.4 is 5.76 Å². The number of nitrogens with zero attached hydrogens (tertiary/aromatic N) is 1. The molecule has 0 saturated carbocycles. The summed E-state index contributed by atoms with van der Waals surface area (Å²) in [5.41, 5.74) is 2.19. The lowest BCUT2D eigenvalue weighted by Crippen LogP contribution is -2.25. The van der Waals surface area contributed by atoms with Crippen LogP contribution in [0.2, 0.25) is 0 Å². The molecular weight excluding hydrogens is 330 g/mol. The Morgan fingerprint density at radius 1 is 1.12 bits per heavy atom. The van der Waals surface area contributed by atoms with Gasteiger partial charge in [0.15, 0.2) is 5.58 Å². The lowest BCUT2D eigenvalue weighted by molar-refractivity contribution is -0.147. The fourth-order valence-electron chi connectivity index (χ4n) is 3.15. The first kappa shape index (κ1) is 18.0. The van der Waals surface area contributed by atoms with Crippen LogP contribution in [-0.4, -0.2) is 17.1 Å². The summed E-state index contributed by atoms with van der Waals surface area (Å²) in [5, 5.41) is 0. The van der Waals surface area contributed by atoms with Crippen LogP contribution in [0, 0.1) is 5.92 Å². The summed E-state index contributed by atoms with van der Waals surface area (Å²) >= 11 is 0. The Morgan fingerprint density at radius 2 is 1.81 bits per heavy atom. The van der Waals surface area contributed by atoms with Gasteiger partial charge in [-0.15, -0.1) is 0 Å². The van der Waals surface area contributed by atoms with E-state index in [0.29, 0.717) is 11.1 Å². The topological polar surface area (TPSA) is 61.4 Å². The summed E-state index contributed by atoms with van der Waals surface area (Å²) < 4.78 is 12.2. The molecule has 0 fully saturated rings. The Hall–Kier alpha value is -2.82. The quantitative estimate of drug-likeness (QED) is 0.603. The van der Waals surface area contributed by atoms with Gasteiger partial charge >= 0.3 is 11.7 Å². The van der Waals surface area contributed by atoms with Crippen LogP contribution in [0.5, 0.6) is 0 Å². The third kappa shape index (κ3) is 3.72. The molecule has 5 nitrogen and oxygen atoms in total. The maximum absolute atomic E-state index is 12.7. The van der Waals surface area contributed by atoms with Crippen molar-refractivity contribution in [1.29, 1.82) is 0 Å². The minimum atomic E-state index is -0.441. The molecule has 26 heavy (non-hydrogen) atoms. The predicted molar refractivity (Wildman–Crippen MR) is 100 cm³/mol. The van der Waals surface area contributed by atoms with Crippen molar-refractivity contribution in [1.82, 2.24) is 4.57 Å². The molecule has 0 amide bonds. The van der Waals surface area contributed by atoms with E-state index in [4.69, 9.17) is 9.15 Å². The van der Waals surface area contributed by atoms with E-state index in [9.17, 15) is 9.59 Å². The van der Waals surface area contributed by atoms with Gasteiger partial charge in [-0.25, -0.2) is 4.79 Å². The summed E-state index contributed by atoms with van der Waals surface area (Å²) in [6, 6.07) is 16.9. The zero-order valence-electron chi connectivity index (χ0n) is 15.1. The number of hydrogen-bond acceptors (Lipinski definition) is 4. The number of carbonyl (C=O) groups excluding carboxylic acids is 1. The number of benzene rings is 2. The molecule has 2 unspecified atom stereocenters. The van der Waals surface area contributed by atoms with Crippen molar-refractivity contribution in [3.63, 3.8) is 0 Å². The Kier molecular flexibility index (Phi) is 5.56. The molecule has 0 bridgehead atoms. The molecule has 3 rings (SSSR count). The van der Waals surface area contributed by atoms with Crippen molar-refractivity contribution in [3.8, 4) is 0 Å². The molecule has 1 heterocycles. The lowest BCUT2D eigenvalue weighted by atomic mass is 9.86. The normalized spacial score (nSPS) is 13.5. The van der Waals surface area contributed by atoms with Gasteiger partial charge in [0.1, 0.15) is 6.61 Å². The smallest absolute Gasteiger partial charge is 0.420 e. The third-order valence-corrected chi connectivity index (χ3v) is 4.76. The van der Waals surface area contributed by atoms with Crippen molar-refractivity contribution in [2.45, 2.75) is 32.7 Å². The van der Waals surface area contributed by atoms with Crippen molar-refractivity contribution < 1.29 is 13.9 Å². The maximum Gasteiger partial charge on any atom is 0.420 e. The first-order valence-corrected chi connectivity index (χ1v) is 8.91. The van der Waals surface area contributed by atoms with E-state index in [2.05, 4.69) is 6.92 Å². The van der Waals surface area contributed by atoms with Crippen molar-refractivity contribution in [3.05, 3.63) is 70.7 Å². The van der Waals surface area contributed by atoms with E-state index in [0.717, 1.165) is 12.0 Å². The average molecular weight is 353 g/mol. The molecular formula is C21H23NO4. The van der Waals surface area contributed by atoms with E-state index < -0.39 is 5.76 Å². The number of rotatable bonds is 7. The molecule has 3 aromatic rings. The molecule has 136 valence electrons. The predicted octanol–water partition coefficient (Wildman–Crippen LogP) is 3.97. The number of oxazole rings is 1.